The van der Waals surface area contributed by atoms with Gasteiger partial charge in [0.05, 0.1) is 24.9 Å². The first kappa shape index (κ1) is 17.7. The van der Waals surface area contributed by atoms with E-state index in [1.807, 2.05) is 25.1 Å². The van der Waals surface area contributed by atoms with Crippen molar-refractivity contribution in [2.75, 3.05) is 24.9 Å². The average molecular weight is 371 g/mol. The molecule has 23 heavy (non-hydrogen) atoms. The fourth-order valence-corrected chi connectivity index (χ4v) is 2.55. The van der Waals surface area contributed by atoms with Gasteiger partial charge in [0.2, 0.25) is 0 Å². The molecule has 7 heteroatoms. The van der Waals surface area contributed by atoms with E-state index in [1.54, 1.807) is 26.4 Å². The fraction of sp³-hybridized carbons (Fsp3) is 0.188. The highest BCUT2D eigenvalue weighted by molar-refractivity contribution is 7.80. The van der Waals surface area contributed by atoms with Crippen LogP contribution in [0, 0.1) is 6.92 Å². The monoisotopic (exact) mass is 370 g/mol. The summed E-state index contributed by atoms with van der Waals surface area (Å²) < 4.78 is 10.5. The minimum Gasteiger partial charge on any atom is -0.495 e. The summed E-state index contributed by atoms with van der Waals surface area (Å²) in [4.78, 5) is 0. The highest BCUT2D eigenvalue weighted by Crippen LogP contribution is 2.36. The van der Waals surface area contributed by atoms with Gasteiger partial charge in [-0.25, -0.2) is 0 Å². The Balaban J connectivity index is 2.17. The lowest BCUT2D eigenvalue weighted by atomic mass is 10.2. The molecule has 0 spiro atoms. The first-order valence-corrected chi connectivity index (χ1v) is 7.86. The van der Waals surface area contributed by atoms with Crippen LogP contribution in [-0.2, 0) is 0 Å². The molecule has 0 atom stereocenters. The number of benzene rings is 2. The number of halogens is 2. The molecule has 0 fully saturated rings. The van der Waals surface area contributed by atoms with Crippen molar-refractivity contribution in [2.45, 2.75) is 6.92 Å². The third kappa shape index (κ3) is 4.41. The van der Waals surface area contributed by atoms with Gasteiger partial charge in [0.25, 0.3) is 0 Å². The summed E-state index contributed by atoms with van der Waals surface area (Å²) in [5.74, 6) is 1.08. The van der Waals surface area contributed by atoms with Crippen LogP contribution >= 0.6 is 35.4 Å². The Morgan fingerprint density at radius 2 is 1.65 bits per heavy atom. The summed E-state index contributed by atoms with van der Waals surface area (Å²) in [5, 5.41) is 7.65. The normalized spacial score (nSPS) is 10.1. The Bertz CT molecular complexity index is 738. The number of hydrogen-bond acceptors (Lipinski definition) is 3. The fourth-order valence-electron chi connectivity index (χ4n) is 1.91. The van der Waals surface area contributed by atoms with Crippen molar-refractivity contribution >= 4 is 51.9 Å². The maximum Gasteiger partial charge on any atom is 0.175 e. The van der Waals surface area contributed by atoms with Crippen LogP contribution in [-0.4, -0.2) is 19.3 Å². The number of ether oxygens (including phenoxy) is 2. The molecule has 122 valence electrons. The minimum atomic E-state index is 0.396. The SMILES string of the molecule is COc1cc(NC(=S)Nc2ccc(C)c(Cl)c2)c(OC)cc1Cl. The van der Waals surface area contributed by atoms with Crippen molar-refractivity contribution in [1.82, 2.24) is 0 Å². The quantitative estimate of drug-likeness (QED) is 0.730. The molecule has 2 rings (SSSR count). The molecule has 0 aliphatic rings. The molecule has 0 aliphatic heterocycles. The maximum atomic E-state index is 6.11. The number of hydrogen-bond donors (Lipinski definition) is 2. The summed E-state index contributed by atoms with van der Waals surface area (Å²) in [7, 11) is 3.10. The maximum absolute atomic E-state index is 6.11. The van der Waals surface area contributed by atoms with Gasteiger partial charge in [0.15, 0.2) is 5.11 Å². The van der Waals surface area contributed by atoms with Crippen LogP contribution in [0.3, 0.4) is 0 Å². The van der Waals surface area contributed by atoms with Crippen LogP contribution in [0.2, 0.25) is 10.0 Å². The predicted molar refractivity (Wildman–Crippen MR) is 101 cm³/mol. The molecule has 0 heterocycles. The van der Waals surface area contributed by atoms with E-state index in [4.69, 9.17) is 44.9 Å². The highest BCUT2D eigenvalue weighted by Gasteiger charge is 2.11. The van der Waals surface area contributed by atoms with Gasteiger partial charge in [0, 0.05) is 22.8 Å². The number of anilines is 2. The van der Waals surface area contributed by atoms with Crippen molar-refractivity contribution in [2.24, 2.45) is 0 Å². The van der Waals surface area contributed by atoms with E-state index in [9.17, 15) is 0 Å². The number of aryl methyl sites for hydroxylation is 1. The van der Waals surface area contributed by atoms with Crippen LogP contribution in [0.1, 0.15) is 5.56 Å². The van der Waals surface area contributed by atoms with Gasteiger partial charge in [-0.2, -0.15) is 0 Å². The van der Waals surface area contributed by atoms with Crippen molar-refractivity contribution < 1.29 is 9.47 Å². The van der Waals surface area contributed by atoms with Crippen LogP contribution in [0.25, 0.3) is 0 Å². The van der Waals surface area contributed by atoms with Crippen LogP contribution in [0.5, 0.6) is 11.5 Å². The Morgan fingerprint density at radius 3 is 2.26 bits per heavy atom. The molecule has 2 N–H and O–H groups in total. The van der Waals surface area contributed by atoms with Crippen LogP contribution in [0.4, 0.5) is 11.4 Å². The van der Waals surface area contributed by atoms with E-state index in [2.05, 4.69) is 10.6 Å². The Labute approximate surface area is 150 Å². The summed E-state index contributed by atoms with van der Waals surface area (Å²) in [6.45, 7) is 1.94. The van der Waals surface area contributed by atoms with E-state index in [-0.39, 0.29) is 0 Å². The van der Waals surface area contributed by atoms with E-state index >= 15 is 0 Å². The summed E-state index contributed by atoms with van der Waals surface area (Å²) in [6, 6.07) is 9.00. The van der Waals surface area contributed by atoms with Gasteiger partial charge in [-0.1, -0.05) is 29.3 Å². The third-order valence-corrected chi connectivity index (χ3v) is 4.06. The Hall–Kier alpha value is -1.69. The minimum absolute atomic E-state index is 0.396. The lowest BCUT2D eigenvalue weighted by Gasteiger charge is -2.15. The zero-order valence-electron chi connectivity index (χ0n) is 12.9. The van der Waals surface area contributed by atoms with Gasteiger partial charge in [0.1, 0.15) is 11.5 Å². The van der Waals surface area contributed by atoms with Crippen molar-refractivity contribution in [1.29, 1.82) is 0 Å². The van der Waals surface area contributed by atoms with Gasteiger partial charge in [-0.05, 0) is 36.8 Å². The highest BCUT2D eigenvalue weighted by atomic mass is 35.5. The smallest absolute Gasteiger partial charge is 0.175 e. The molecule has 0 radical (unpaired) electrons. The number of nitrogens with one attached hydrogen (secondary N) is 2. The molecule has 0 aromatic heterocycles. The lowest BCUT2D eigenvalue weighted by Crippen LogP contribution is -2.19. The molecule has 4 nitrogen and oxygen atoms in total. The van der Waals surface area contributed by atoms with E-state index < -0.39 is 0 Å². The predicted octanol–water partition coefficient (Wildman–Crippen LogP) is 5.13. The van der Waals surface area contributed by atoms with Gasteiger partial charge >= 0.3 is 0 Å². The first-order valence-electron chi connectivity index (χ1n) is 6.70. The Kier molecular flexibility index (Phi) is 5.93. The largest absolute Gasteiger partial charge is 0.495 e. The molecular formula is C16H16Cl2N2O2S. The average Bonchev–Trinajstić information content (AvgIpc) is 2.52. The van der Waals surface area contributed by atoms with Gasteiger partial charge < -0.3 is 20.1 Å². The van der Waals surface area contributed by atoms with E-state index in [1.165, 1.54) is 0 Å². The molecule has 0 saturated carbocycles. The molecule has 0 saturated heterocycles. The number of rotatable bonds is 4. The summed E-state index contributed by atoms with van der Waals surface area (Å²) >= 11 is 17.5. The molecule has 2 aromatic rings. The van der Waals surface area contributed by atoms with Crippen LogP contribution < -0.4 is 20.1 Å². The molecule has 2 aromatic carbocycles. The second kappa shape index (κ2) is 7.73. The van der Waals surface area contributed by atoms with Gasteiger partial charge in [-0.3, -0.25) is 0 Å². The van der Waals surface area contributed by atoms with Crippen molar-refractivity contribution in [3.63, 3.8) is 0 Å². The van der Waals surface area contributed by atoms with Gasteiger partial charge in [-0.15, -0.1) is 0 Å². The lowest BCUT2D eigenvalue weighted by molar-refractivity contribution is 0.405. The third-order valence-electron chi connectivity index (χ3n) is 3.15. The van der Waals surface area contributed by atoms with E-state index in [0.29, 0.717) is 32.3 Å². The molecule has 0 amide bonds. The molecular weight excluding hydrogens is 355 g/mol. The van der Waals surface area contributed by atoms with Crippen LogP contribution in [0.15, 0.2) is 30.3 Å². The molecule has 0 unspecified atom stereocenters. The molecule has 0 aliphatic carbocycles. The zero-order valence-corrected chi connectivity index (χ0v) is 15.2. The summed E-state index contributed by atoms with van der Waals surface area (Å²) in [6.07, 6.45) is 0. The van der Waals surface area contributed by atoms with Crippen molar-refractivity contribution in [3.8, 4) is 11.5 Å². The first-order chi connectivity index (χ1) is 10.9. The second-order valence-electron chi connectivity index (χ2n) is 4.73. The topological polar surface area (TPSA) is 42.5 Å². The van der Waals surface area contributed by atoms with E-state index in [0.717, 1.165) is 11.3 Å². The molecule has 0 bridgehead atoms. The number of thiocarbonyl (C=S) groups is 1. The second-order valence-corrected chi connectivity index (χ2v) is 5.95. The number of methoxy groups -OCH3 is 2. The standard InChI is InChI=1S/C16H16Cl2N2O2S/c1-9-4-5-10(6-11(9)17)19-16(23)20-13-8-14(21-2)12(18)7-15(13)22-3/h4-8H,1-3H3,(H2,19,20,23). The summed E-state index contributed by atoms with van der Waals surface area (Å²) in [5.41, 5.74) is 2.43. The van der Waals surface area contributed by atoms with Crippen molar-refractivity contribution in [3.05, 3.63) is 45.9 Å². The Morgan fingerprint density at radius 1 is 0.957 bits per heavy atom. The zero-order chi connectivity index (χ0) is 17.0.